The highest BCUT2D eigenvalue weighted by Crippen LogP contribution is 2.20. The van der Waals surface area contributed by atoms with Gasteiger partial charge in [-0.05, 0) is 44.4 Å². The molecule has 0 heterocycles. The van der Waals surface area contributed by atoms with Crippen molar-refractivity contribution in [1.82, 2.24) is 4.90 Å². The van der Waals surface area contributed by atoms with Gasteiger partial charge >= 0.3 is 0 Å². The van der Waals surface area contributed by atoms with Crippen LogP contribution < -0.4 is 4.74 Å². The minimum absolute atomic E-state index is 0.0665. The van der Waals surface area contributed by atoms with Crippen molar-refractivity contribution in [2.75, 3.05) is 19.7 Å². The van der Waals surface area contributed by atoms with Crippen LogP contribution in [0.15, 0.2) is 18.2 Å². The first-order chi connectivity index (χ1) is 9.10. The van der Waals surface area contributed by atoms with Crippen molar-refractivity contribution in [2.45, 2.75) is 40.5 Å². The first kappa shape index (κ1) is 15.5. The maximum absolute atomic E-state index is 12.1. The van der Waals surface area contributed by atoms with E-state index in [1.807, 2.05) is 43.9 Å². The van der Waals surface area contributed by atoms with E-state index in [1.54, 1.807) is 0 Å². The van der Waals surface area contributed by atoms with Gasteiger partial charge in [0.05, 0.1) is 0 Å². The Morgan fingerprint density at radius 1 is 1.26 bits per heavy atom. The Balaban J connectivity index is 2.55. The molecule has 3 nitrogen and oxygen atoms in total. The van der Waals surface area contributed by atoms with Crippen molar-refractivity contribution in [3.05, 3.63) is 29.3 Å². The minimum atomic E-state index is 0.0665. The van der Waals surface area contributed by atoms with Gasteiger partial charge in [0.25, 0.3) is 5.91 Å². The Kier molecular flexibility index (Phi) is 6.40. The molecule has 0 spiro atoms. The van der Waals surface area contributed by atoms with E-state index in [1.165, 1.54) is 5.56 Å². The molecule has 0 aliphatic heterocycles. The van der Waals surface area contributed by atoms with Gasteiger partial charge in [0, 0.05) is 13.1 Å². The SMILES string of the molecule is CCCCN(CC)C(=O)COc1cccc(C)c1C. The van der Waals surface area contributed by atoms with Gasteiger partial charge in [0.1, 0.15) is 5.75 Å². The van der Waals surface area contributed by atoms with Gasteiger partial charge < -0.3 is 9.64 Å². The quantitative estimate of drug-likeness (QED) is 0.755. The van der Waals surface area contributed by atoms with Crippen molar-refractivity contribution in [3.8, 4) is 5.75 Å². The molecule has 0 aromatic heterocycles. The van der Waals surface area contributed by atoms with Crippen LogP contribution in [0, 0.1) is 13.8 Å². The number of likely N-dealkylation sites (N-methyl/N-ethyl adjacent to an activating group) is 1. The predicted molar refractivity (Wildman–Crippen MR) is 78.6 cm³/mol. The minimum Gasteiger partial charge on any atom is -0.483 e. The van der Waals surface area contributed by atoms with Gasteiger partial charge in [-0.2, -0.15) is 0 Å². The third-order valence-corrected chi connectivity index (χ3v) is 3.42. The van der Waals surface area contributed by atoms with E-state index >= 15 is 0 Å². The van der Waals surface area contributed by atoms with Crippen LogP contribution in [-0.2, 0) is 4.79 Å². The molecule has 0 atom stereocenters. The third kappa shape index (κ3) is 4.58. The highest BCUT2D eigenvalue weighted by Gasteiger charge is 2.12. The molecule has 1 aromatic carbocycles. The molecule has 0 N–H and O–H groups in total. The number of hydrogen-bond donors (Lipinski definition) is 0. The zero-order chi connectivity index (χ0) is 14.3. The smallest absolute Gasteiger partial charge is 0.260 e. The van der Waals surface area contributed by atoms with Crippen LogP contribution in [0.5, 0.6) is 5.75 Å². The van der Waals surface area contributed by atoms with Gasteiger partial charge in [-0.3, -0.25) is 4.79 Å². The molecule has 106 valence electrons. The molecule has 0 bridgehead atoms. The molecule has 1 amide bonds. The Morgan fingerprint density at radius 2 is 2.00 bits per heavy atom. The molecule has 0 unspecified atom stereocenters. The maximum Gasteiger partial charge on any atom is 0.260 e. The van der Waals surface area contributed by atoms with Gasteiger partial charge in [0.15, 0.2) is 6.61 Å². The second kappa shape index (κ2) is 7.82. The maximum atomic E-state index is 12.1. The van der Waals surface area contributed by atoms with Crippen molar-refractivity contribution in [2.24, 2.45) is 0 Å². The Hall–Kier alpha value is -1.51. The third-order valence-electron chi connectivity index (χ3n) is 3.42. The number of unbranched alkanes of at least 4 members (excludes halogenated alkanes) is 1. The largest absolute Gasteiger partial charge is 0.483 e. The Bertz CT molecular complexity index is 415. The monoisotopic (exact) mass is 263 g/mol. The van der Waals surface area contributed by atoms with Gasteiger partial charge in [-0.1, -0.05) is 25.5 Å². The molecule has 19 heavy (non-hydrogen) atoms. The molecule has 0 saturated heterocycles. The number of carbonyl (C=O) groups excluding carboxylic acids is 1. The first-order valence-corrected chi connectivity index (χ1v) is 7.06. The zero-order valence-corrected chi connectivity index (χ0v) is 12.5. The van der Waals surface area contributed by atoms with E-state index in [0.29, 0.717) is 0 Å². The molecule has 3 heteroatoms. The van der Waals surface area contributed by atoms with E-state index < -0.39 is 0 Å². The van der Waals surface area contributed by atoms with E-state index in [9.17, 15) is 4.79 Å². The highest BCUT2D eigenvalue weighted by molar-refractivity contribution is 5.77. The standard InChI is InChI=1S/C16H25NO2/c1-5-7-11-17(6-2)16(18)12-19-15-10-8-9-13(3)14(15)4/h8-10H,5-7,11-12H2,1-4H3. The summed E-state index contributed by atoms with van der Waals surface area (Å²) < 4.78 is 5.65. The fourth-order valence-electron chi connectivity index (χ4n) is 1.92. The number of amides is 1. The van der Waals surface area contributed by atoms with Crippen LogP contribution in [0.2, 0.25) is 0 Å². The van der Waals surface area contributed by atoms with Crippen LogP contribution in [0.4, 0.5) is 0 Å². The number of carbonyl (C=O) groups is 1. The summed E-state index contributed by atoms with van der Waals surface area (Å²) in [4.78, 5) is 13.9. The second-order valence-corrected chi connectivity index (χ2v) is 4.81. The molecule has 0 aliphatic carbocycles. The molecule has 0 fully saturated rings. The lowest BCUT2D eigenvalue weighted by Crippen LogP contribution is -2.35. The van der Waals surface area contributed by atoms with Crippen molar-refractivity contribution in [3.63, 3.8) is 0 Å². The number of nitrogens with zero attached hydrogens (tertiary/aromatic N) is 1. The van der Waals surface area contributed by atoms with Crippen molar-refractivity contribution >= 4 is 5.91 Å². The van der Waals surface area contributed by atoms with E-state index in [0.717, 1.165) is 37.2 Å². The van der Waals surface area contributed by atoms with Crippen LogP contribution in [0.1, 0.15) is 37.8 Å². The fourth-order valence-corrected chi connectivity index (χ4v) is 1.92. The predicted octanol–water partition coefficient (Wildman–Crippen LogP) is 3.33. The van der Waals surface area contributed by atoms with Crippen molar-refractivity contribution in [1.29, 1.82) is 0 Å². The van der Waals surface area contributed by atoms with Crippen LogP contribution in [0.25, 0.3) is 0 Å². The van der Waals surface area contributed by atoms with Gasteiger partial charge in [0.2, 0.25) is 0 Å². The lowest BCUT2D eigenvalue weighted by atomic mass is 10.1. The number of ether oxygens (including phenoxy) is 1. The number of hydrogen-bond acceptors (Lipinski definition) is 2. The fraction of sp³-hybridized carbons (Fsp3) is 0.562. The summed E-state index contributed by atoms with van der Waals surface area (Å²) in [5.74, 6) is 0.872. The summed E-state index contributed by atoms with van der Waals surface area (Å²) in [6.07, 6.45) is 2.14. The van der Waals surface area contributed by atoms with Gasteiger partial charge in [-0.15, -0.1) is 0 Å². The number of rotatable bonds is 7. The molecular formula is C16H25NO2. The van der Waals surface area contributed by atoms with E-state index in [-0.39, 0.29) is 12.5 Å². The number of aryl methyl sites for hydroxylation is 1. The normalized spacial score (nSPS) is 10.3. The average Bonchev–Trinajstić information content (AvgIpc) is 2.41. The lowest BCUT2D eigenvalue weighted by Gasteiger charge is -2.21. The Morgan fingerprint density at radius 3 is 2.63 bits per heavy atom. The van der Waals surface area contributed by atoms with Crippen LogP contribution in [-0.4, -0.2) is 30.5 Å². The molecule has 1 aromatic rings. The molecule has 1 rings (SSSR count). The highest BCUT2D eigenvalue weighted by atomic mass is 16.5. The topological polar surface area (TPSA) is 29.5 Å². The first-order valence-electron chi connectivity index (χ1n) is 7.06. The van der Waals surface area contributed by atoms with E-state index in [4.69, 9.17) is 4.74 Å². The summed E-state index contributed by atoms with van der Waals surface area (Å²) in [5.41, 5.74) is 2.29. The molecule has 0 aliphatic rings. The van der Waals surface area contributed by atoms with Crippen LogP contribution >= 0.6 is 0 Å². The summed E-state index contributed by atoms with van der Waals surface area (Å²) in [6.45, 7) is 9.89. The number of benzene rings is 1. The zero-order valence-electron chi connectivity index (χ0n) is 12.5. The summed E-state index contributed by atoms with van der Waals surface area (Å²) in [7, 11) is 0. The molecule has 0 saturated carbocycles. The van der Waals surface area contributed by atoms with E-state index in [2.05, 4.69) is 6.92 Å². The molecule has 0 radical (unpaired) electrons. The summed E-state index contributed by atoms with van der Waals surface area (Å²) in [6, 6.07) is 5.92. The second-order valence-electron chi connectivity index (χ2n) is 4.81. The average molecular weight is 263 g/mol. The Labute approximate surface area is 116 Å². The lowest BCUT2D eigenvalue weighted by molar-refractivity contribution is -0.133. The summed E-state index contributed by atoms with van der Waals surface area (Å²) in [5, 5.41) is 0. The van der Waals surface area contributed by atoms with Crippen LogP contribution in [0.3, 0.4) is 0 Å². The van der Waals surface area contributed by atoms with Crippen molar-refractivity contribution < 1.29 is 9.53 Å². The van der Waals surface area contributed by atoms with Gasteiger partial charge in [-0.25, -0.2) is 0 Å². The molecular weight excluding hydrogens is 238 g/mol. The summed E-state index contributed by atoms with van der Waals surface area (Å²) >= 11 is 0.